The second-order valence-corrected chi connectivity index (χ2v) is 5.81. The van der Waals surface area contributed by atoms with Crippen molar-refractivity contribution >= 4 is 0 Å². The number of nitrogens with zero attached hydrogens (tertiary/aromatic N) is 1. The summed E-state index contributed by atoms with van der Waals surface area (Å²) in [4.78, 5) is 4.27. The first-order chi connectivity index (χ1) is 9.38. The Labute approximate surface area is 121 Å². The summed E-state index contributed by atoms with van der Waals surface area (Å²) >= 11 is 0. The Hall–Kier alpha value is -0.910. The molecule has 116 valence electrons. The lowest BCUT2D eigenvalue weighted by atomic mass is 10.1. The molecule has 0 saturated heterocycles. The standard InChI is InChI=1S/C15H28N2O3/c1-10(2)6-11(3)19-9-14(18)7-16-8-15-17-12(4)13(5)20-15/h10-11,14,16,18H,6-9H2,1-5H3. The van der Waals surface area contributed by atoms with Crippen LogP contribution in [0, 0.1) is 19.8 Å². The SMILES string of the molecule is Cc1nc(CNCC(O)COC(C)CC(C)C)oc1C. The van der Waals surface area contributed by atoms with E-state index in [0.29, 0.717) is 31.5 Å². The summed E-state index contributed by atoms with van der Waals surface area (Å²) in [6, 6.07) is 0. The summed E-state index contributed by atoms with van der Waals surface area (Å²) in [5.74, 6) is 2.10. The molecule has 5 nitrogen and oxygen atoms in total. The van der Waals surface area contributed by atoms with Gasteiger partial charge in [-0.25, -0.2) is 4.98 Å². The number of rotatable bonds is 9. The maximum absolute atomic E-state index is 9.83. The number of hydrogen-bond donors (Lipinski definition) is 2. The van der Waals surface area contributed by atoms with Gasteiger partial charge in [0.25, 0.3) is 0 Å². The van der Waals surface area contributed by atoms with Crippen LogP contribution in [-0.4, -0.2) is 35.5 Å². The number of aliphatic hydroxyl groups is 1. The molecule has 0 fully saturated rings. The number of nitrogens with one attached hydrogen (secondary N) is 1. The fourth-order valence-electron chi connectivity index (χ4n) is 2.03. The number of aromatic nitrogens is 1. The van der Waals surface area contributed by atoms with E-state index >= 15 is 0 Å². The number of oxazole rings is 1. The molecular weight excluding hydrogens is 256 g/mol. The van der Waals surface area contributed by atoms with Gasteiger partial charge in [-0.3, -0.25) is 0 Å². The van der Waals surface area contributed by atoms with E-state index in [4.69, 9.17) is 9.15 Å². The second kappa shape index (κ2) is 8.39. The fraction of sp³-hybridized carbons (Fsp3) is 0.800. The smallest absolute Gasteiger partial charge is 0.208 e. The normalized spacial score (nSPS) is 14.8. The molecule has 1 aromatic heterocycles. The summed E-state index contributed by atoms with van der Waals surface area (Å²) in [7, 11) is 0. The van der Waals surface area contributed by atoms with Crippen molar-refractivity contribution in [2.45, 2.75) is 59.8 Å². The highest BCUT2D eigenvalue weighted by atomic mass is 16.5. The number of aliphatic hydroxyl groups excluding tert-OH is 1. The van der Waals surface area contributed by atoms with Crippen molar-refractivity contribution in [3.8, 4) is 0 Å². The van der Waals surface area contributed by atoms with Gasteiger partial charge in [0.15, 0.2) is 0 Å². The summed E-state index contributed by atoms with van der Waals surface area (Å²) in [6.45, 7) is 11.5. The zero-order valence-electron chi connectivity index (χ0n) is 13.3. The van der Waals surface area contributed by atoms with Crippen LogP contribution in [0.5, 0.6) is 0 Å². The van der Waals surface area contributed by atoms with Crippen LogP contribution in [0.25, 0.3) is 0 Å². The molecule has 20 heavy (non-hydrogen) atoms. The van der Waals surface area contributed by atoms with Gasteiger partial charge >= 0.3 is 0 Å². The van der Waals surface area contributed by atoms with E-state index in [2.05, 4.69) is 24.1 Å². The predicted molar refractivity (Wildman–Crippen MR) is 78.6 cm³/mol. The molecule has 0 aliphatic carbocycles. The molecule has 2 atom stereocenters. The summed E-state index contributed by atoms with van der Waals surface area (Å²) < 4.78 is 11.1. The van der Waals surface area contributed by atoms with Crippen LogP contribution in [0.4, 0.5) is 0 Å². The van der Waals surface area contributed by atoms with Gasteiger partial charge < -0.3 is 19.6 Å². The van der Waals surface area contributed by atoms with Crippen molar-refractivity contribution in [1.82, 2.24) is 10.3 Å². The van der Waals surface area contributed by atoms with Crippen LogP contribution in [0.3, 0.4) is 0 Å². The van der Waals surface area contributed by atoms with Gasteiger partial charge in [0.1, 0.15) is 5.76 Å². The highest BCUT2D eigenvalue weighted by molar-refractivity contribution is 5.05. The second-order valence-electron chi connectivity index (χ2n) is 5.81. The molecule has 1 rings (SSSR count). The summed E-state index contributed by atoms with van der Waals surface area (Å²) in [5.41, 5.74) is 0.910. The van der Waals surface area contributed by atoms with E-state index in [1.54, 1.807) is 0 Å². The average Bonchev–Trinajstić information content (AvgIpc) is 2.65. The number of hydrogen-bond acceptors (Lipinski definition) is 5. The minimum Gasteiger partial charge on any atom is -0.444 e. The van der Waals surface area contributed by atoms with Crippen molar-refractivity contribution < 1.29 is 14.3 Å². The molecule has 2 N–H and O–H groups in total. The predicted octanol–water partition coefficient (Wildman–Crippen LogP) is 2.19. The molecule has 0 aliphatic rings. The molecule has 0 bridgehead atoms. The Morgan fingerprint density at radius 1 is 1.30 bits per heavy atom. The largest absolute Gasteiger partial charge is 0.444 e. The van der Waals surface area contributed by atoms with Crippen molar-refractivity contribution in [1.29, 1.82) is 0 Å². The summed E-state index contributed by atoms with van der Waals surface area (Å²) in [6.07, 6.45) is 0.679. The van der Waals surface area contributed by atoms with Crippen LogP contribution in [0.2, 0.25) is 0 Å². The minimum atomic E-state index is -0.512. The Kier molecular flexibility index (Phi) is 7.19. The maximum atomic E-state index is 9.83. The van der Waals surface area contributed by atoms with Gasteiger partial charge in [0.05, 0.1) is 31.1 Å². The van der Waals surface area contributed by atoms with E-state index < -0.39 is 6.10 Å². The van der Waals surface area contributed by atoms with Gasteiger partial charge in [-0.1, -0.05) is 13.8 Å². The zero-order valence-corrected chi connectivity index (χ0v) is 13.3. The third-order valence-corrected chi connectivity index (χ3v) is 3.11. The lowest BCUT2D eigenvalue weighted by Crippen LogP contribution is -2.31. The lowest BCUT2D eigenvalue weighted by Gasteiger charge is -2.18. The Morgan fingerprint density at radius 2 is 2.00 bits per heavy atom. The van der Waals surface area contributed by atoms with Crippen molar-refractivity contribution in [3.63, 3.8) is 0 Å². The molecule has 2 unspecified atom stereocenters. The lowest BCUT2D eigenvalue weighted by molar-refractivity contribution is -0.00871. The Balaban J connectivity index is 2.15. The molecule has 0 aromatic carbocycles. The first-order valence-electron chi connectivity index (χ1n) is 7.31. The van der Waals surface area contributed by atoms with Crippen molar-refractivity contribution in [2.75, 3.05) is 13.2 Å². The molecule has 0 saturated carbocycles. The fourth-order valence-corrected chi connectivity index (χ4v) is 2.03. The number of aryl methyl sites for hydroxylation is 2. The van der Waals surface area contributed by atoms with E-state index in [0.717, 1.165) is 17.9 Å². The first-order valence-corrected chi connectivity index (χ1v) is 7.31. The molecule has 0 amide bonds. The monoisotopic (exact) mass is 284 g/mol. The van der Waals surface area contributed by atoms with Gasteiger partial charge in [-0.15, -0.1) is 0 Å². The Bertz CT molecular complexity index is 371. The van der Waals surface area contributed by atoms with Crippen molar-refractivity contribution in [2.24, 2.45) is 5.92 Å². The van der Waals surface area contributed by atoms with E-state index in [-0.39, 0.29) is 6.10 Å². The highest BCUT2D eigenvalue weighted by Gasteiger charge is 2.10. The van der Waals surface area contributed by atoms with E-state index in [1.165, 1.54) is 0 Å². The zero-order chi connectivity index (χ0) is 15.1. The Morgan fingerprint density at radius 3 is 2.55 bits per heavy atom. The third-order valence-electron chi connectivity index (χ3n) is 3.11. The summed E-state index contributed by atoms with van der Waals surface area (Å²) in [5, 5.41) is 13.0. The van der Waals surface area contributed by atoms with Crippen LogP contribution in [0.1, 0.15) is 44.5 Å². The van der Waals surface area contributed by atoms with Gasteiger partial charge in [0.2, 0.25) is 5.89 Å². The van der Waals surface area contributed by atoms with Gasteiger partial charge in [0, 0.05) is 6.54 Å². The molecule has 0 spiro atoms. The quantitative estimate of drug-likeness (QED) is 0.727. The average molecular weight is 284 g/mol. The minimum absolute atomic E-state index is 0.182. The van der Waals surface area contributed by atoms with Crippen molar-refractivity contribution in [3.05, 3.63) is 17.3 Å². The van der Waals surface area contributed by atoms with Crippen LogP contribution < -0.4 is 5.32 Å². The molecular formula is C15H28N2O3. The van der Waals surface area contributed by atoms with Gasteiger partial charge in [-0.2, -0.15) is 0 Å². The van der Waals surface area contributed by atoms with Crippen LogP contribution >= 0.6 is 0 Å². The maximum Gasteiger partial charge on any atom is 0.208 e. The number of ether oxygens (including phenoxy) is 1. The molecule has 1 aromatic rings. The molecule has 1 heterocycles. The van der Waals surface area contributed by atoms with Crippen LogP contribution in [-0.2, 0) is 11.3 Å². The topological polar surface area (TPSA) is 67.5 Å². The highest BCUT2D eigenvalue weighted by Crippen LogP contribution is 2.08. The van der Waals surface area contributed by atoms with Gasteiger partial charge in [-0.05, 0) is 33.1 Å². The molecule has 0 aliphatic heterocycles. The molecule has 0 radical (unpaired) electrons. The molecule has 5 heteroatoms. The first kappa shape index (κ1) is 17.1. The van der Waals surface area contributed by atoms with E-state index in [1.807, 2.05) is 20.8 Å². The van der Waals surface area contributed by atoms with E-state index in [9.17, 15) is 5.11 Å². The van der Waals surface area contributed by atoms with Crippen LogP contribution in [0.15, 0.2) is 4.42 Å². The third kappa shape index (κ3) is 6.50.